The quantitative estimate of drug-likeness (QED) is 0.847. The first-order valence-corrected chi connectivity index (χ1v) is 7.43. The lowest BCUT2D eigenvalue weighted by Crippen LogP contribution is -2.23. The van der Waals surface area contributed by atoms with Crippen LogP contribution in [0, 0.1) is 0 Å². The Hall–Kier alpha value is -2.79. The van der Waals surface area contributed by atoms with E-state index in [9.17, 15) is 9.59 Å². The molecule has 1 aliphatic rings. The lowest BCUT2D eigenvalue weighted by Gasteiger charge is -2.19. The van der Waals surface area contributed by atoms with Crippen molar-refractivity contribution in [2.45, 2.75) is 0 Å². The number of methoxy groups -OCH3 is 2. The zero-order valence-electron chi connectivity index (χ0n) is 13.0. The molecule has 0 bridgehead atoms. The van der Waals surface area contributed by atoms with Crippen LogP contribution in [-0.4, -0.2) is 25.8 Å². The van der Waals surface area contributed by atoms with Gasteiger partial charge in [0.25, 0.3) is 0 Å². The lowest BCUT2D eigenvalue weighted by atomic mass is 9.93. The molecule has 0 spiro atoms. The number of ketones is 2. The van der Waals surface area contributed by atoms with Gasteiger partial charge in [-0.05, 0) is 12.1 Å². The molecular formula is C18H13ClO5. The van der Waals surface area contributed by atoms with Crippen molar-refractivity contribution in [1.29, 1.82) is 0 Å². The number of ether oxygens (including phenoxy) is 3. The summed E-state index contributed by atoms with van der Waals surface area (Å²) in [7, 11) is 2.93. The highest BCUT2D eigenvalue weighted by atomic mass is 35.5. The zero-order chi connectivity index (χ0) is 17.3. The minimum absolute atomic E-state index is 0.227. The lowest BCUT2D eigenvalue weighted by molar-refractivity contribution is 0.0942. The number of allylic oxidation sites excluding steroid dienone is 2. The molecule has 5 nitrogen and oxygen atoms in total. The Bertz CT molecular complexity index is 869. The van der Waals surface area contributed by atoms with Crippen molar-refractivity contribution < 1.29 is 23.8 Å². The summed E-state index contributed by atoms with van der Waals surface area (Å²) in [5.74, 6) is -0.181. The summed E-state index contributed by atoms with van der Waals surface area (Å²) in [5, 5.41) is -0.261. The Kier molecular flexibility index (Phi) is 4.27. The van der Waals surface area contributed by atoms with E-state index in [0.29, 0.717) is 11.5 Å². The van der Waals surface area contributed by atoms with Crippen molar-refractivity contribution in [2.75, 3.05) is 14.2 Å². The molecule has 3 rings (SSSR count). The molecule has 122 valence electrons. The number of fused-ring (bicyclic) bond motifs is 1. The number of carbonyl (C=O) groups is 2. The molecule has 0 amide bonds. The first-order chi connectivity index (χ1) is 11.6. The van der Waals surface area contributed by atoms with Gasteiger partial charge in [-0.2, -0.15) is 0 Å². The molecule has 0 unspecified atom stereocenters. The second-order valence-corrected chi connectivity index (χ2v) is 5.32. The van der Waals surface area contributed by atoms with E-state index in [2.05, 4.69) is 0 Å². The Morgan fingerprint density at radius 1 is 0.792 bits per heavy atom. The average Bonchev–Trinajstić information content (AvgIpc) is 2.63. The molecule has 6 heteroatoms. The van der Waals surface area contributed by atoms with Gasteiger partial charge in [0.2, 0.25) is 17.3 Å². The zero-order valence-corrected chi connectivity index (χ0v) is 13.7. The van der Waals surface area contributed by atoms with Crippen molar-refractivity contribution in [3.63, 3.8) is 0 Å². The number of hydrogen-bond acceptors (Lipinski definition) is 5. The highest BCUT2D eigenvalue weighted by Crippen LogP contribution is 2.39. The Morgan fingerprint density at radius 3 is 2.04 bits per heavy atom. The first-order valence-electron chi connectivity index (χ1n) is 7.05. The van der Waals surface area contributed by atoms with Crippen molar-refractivity contribution >= 4 is 23.2 Å². The fourth-order valence-corrected chi connectivity index (χ4v) is 2.69. The topological polar surface area (TPSA) is 61.8 Å². The van der Waals surface area contributed by atoms with E-state index in [-0.39, 0.29) is 27.7 Å². The van der Waals surface area contributed by atoms with E-state index in [4.69, 9.17) is 25.8 Å². The van der Waals surface area contributed by atoms with Gasteiger partial charge in [0, 0.05) is 11.1 Å². The molecule has 2 aromatic rings. The van der Waals surface area contributed by atoms with Gasteiger partial charge >= 0.3 is 0 Å². The number of Topliss-reactive ketones (excluding diaryl/α,β-unsaturated/α-hetero) is 2. The van der Waals surface area contributed by atoms with E-state index in [0.717, 1.165) is 0 Å². The Balaban J connectivity index is 2.07. The molecule has 0 aliphatic heterocycles. The van der Waals surface area contributed by atoms with Crippen molar-refractivity contribution in [2.24, 2.45) is 0 Å². The molecule has 2 aromatic carbocycles. The van der Waals surface area contributed by atoms with Gasteiger partial charge in [0.1, 0.15) is 5.03 Å². The SMILES string of the molecule is COc1cccc(OC2=C(Cl)C(=O)c3ccccc3C2=O)c1OC. The summed E-state index contributed by atoms with van der Waals surface area (Å²) < 4.78 is 16.1. The fraction of sp³-hybridized carbons (Fsp3) is 0.111. The minimum atomic E-state index is -0.458. The van der Waals surface area contributed by atoms with Crippen molar-refractivity contribution in [3.8, 4) is 17.2 Å². The number of para-hydroxylation sites is 1. The maximum absolute atomic E-state index is 12.6. The minimum Gasteiger partial charge on any atom is -0.493 e. The normalized spacial score (nSPS) is 13.6. The van der Waals surface area contributed by atoms with Crippen LogP contribution in [0.2, 0.25) is 0 Å². The van der Waals surface area contributed by atoms with Crippen molar-refractivity contribution in [1.82, 2.24) is 0 Å². The van der Waals surface area contributed by atoms with Gasteiger partial charge in [0.05, 0.1) is 14.2 Å². The summed E-state index contributed by atoms with van der Waals surface area (Å²) >= 11 is 6.09. The Morgan fingerprint density at radius 2 is 1.42 bits per heavy atom. The van der Waals surface area contributed by atoms with Gasteiger partial charge in [-0.3, -0.25) is 9.59 Å². The summed E-state index contributed by atoms with van der Waals surface area (Å²) in [6.45, 7) is 0. The molecule has 0 aromatic heterocycles. The molecule has 1 aliphatic carbocycles. The van der Waals surface area contributed by atoms with E-state index in [1.54, 1.807) is 42.5 Å². The van der Waals surface area contributed by atoms with Crippen LogP contribution >= 0.6 is 11.6 Å². The van der Waals surface area contributed by atoms with Gasteiger partial charge in [-0.25, -0.2) is 0 Å². The predicted octanol–water partition coefficient (Wildman–Crippen LogP) is 3.61. The number of halogens is 1. The third-order valence-electron chi connectivity index (χ3n) is 3.60. The van der Waals surface area contributed by atoms with E-state index < -0.39 is 11.6 Å². The smallest absolute Gasteiger partial charge is 0.230 e. The molecule has 0 fully saturated rings. The van der Waals surface area contributed by atoms with Gasteiger partial charge in [-0.1, -0.05) is 41.9 Å². The Labute approximate surface area is 143 Å². The predicted molar refractivity (Wildman–Crippen MR) is 88.2 cm³/mol. The van der Waals surface area contributed by atoms with Crippen LogP contribution in [0.25, 0.3) is 0 Å². The molecule has 0 saturated carbocycles. The van der Waals surface area contributed by atoms with Crippen LogP contribution < -0.4 is 14.2 Å². The van der Waals surface area contributed by atoms with Crippen LogP contribution in [0.3, 0.4) is 0 Å². The fourth-order valence-electron chi connectivity index (χ4n) is 2.46. The van der Waals surface area contributed by atoms with Gasteiger partial charge in [0.15, 0.2) is 17.3 Å². The largest absolute Gasteiger partial charge is 0.493 e. The van der Waals surface area contributed by atoms with E-state index >= 15 is 0 Å². The maximum Gasteiger partial charge on any atom is 0.230 e. The molecule has 0 heterocycles. The van der Waals surface area contributed by atoms with E-state index in [1.807, 2.05) is 0 Å². The summed E-state index contributed by atoms with van der Waals surface area (Å²) in [4.78, 5) is 25.0. The summed E-state index contributed by atoms with van der Waals surface area (Å²) in [6, 6.07) is 11.4. The van der Waals surface area contributed by atoms with Crippen molar-refractivity contribution in [3.05, 3.63) is 64.4 Å². The molecule has 0 atom stereocenters. The third kappa shape index (κ3) is 2.53. The molecule has 0 radical (unpaired) electrons. The molecule has 0 N–H and O–H groups in total. The van der Waals surface area contributed by atoms with Crippen LogP contribution in [0.1, 0.15) is 20.7 Å². The number of benzene rings is 2. The first kappa shape index (κ1) is 16.1. The van der Waals surface area contributed by atoms with Crippen LogP contribution in [-0.2, 0) is 0 Å². The van der Waals surface area contributed by atoms with Crippen LogP contribution in [0.5, 0.6) is 17.2 Å². The highest BCUT2D eigenvalue weighted by Gasteiger charge is 2.33. The van der Waals surface area contributed by atoms with Crippen LogP contribution in [0.4, 0.5) is 0 Å². The van der Waals surface area contributed by atoms with Gasteiger partial charge < -0.3 is 14.2 Å². The number of carbonyl (C=O) groups excluding carboxylic acids is 2. The summed E-state index contributed by atoms with van der Waals surface area (Å²) in [6.07, 6.45) is 0. The summed E-state index contributed by atoms with van der Waals surface area (Å²) in [5.41, 5.74) is 0.515. The monoisotopic (exact) mass is 344 g/mol. The number of rotatable bonds is 4. The van der Waals surface area contributed by atoms with E-state index in [1.165, 1.54) is 14.2 Å². The standard InChI is InChI=1S/C18H13ClO5/c1-22-12-8-5-9-13(17(12)23-2)24-18-14(19)15(20)10-6-3-4-7-11(10)16(18)21/h3-9H,1-2H3. The third-order valence-corrected chi connectivity index (χ3v) is 3.94. The second-order valence-electron chi connectivity index (χ2n) is 4.94. The molecule has 0 saturated heterocycles. The highest BCUT2D eigenvalue weighted by molar-refractivity contribution is 6.49. The maximum atomic E-state index is 12.6. The molecular weight excluding hydrogens is 332 g/mol. The average molecular weight is 345 g/mol. The second kappa shape index (κ2) is 6.37. The van der Waals surface area contributed by atoms with Gasteiger partial charge in [-0.15, -0.1) is 0 Å². The molecule has 24 heavy (non-hydrogen) atoms. The van der Waals surface area contributed by atoms with Crippen LogP contribution in [0.15, 0.2) is 53.3 Å². The number of hydrogen-bond donors (Lipinski definition) is 0.